The van der Waals surface area contributed by atoms with Gasteiger partial charge in [0, 0.05) is 19.4 Å². The number of aromatic nitrogens is 2. The van der Waals surface area contributed by atoms with Gasteiger partial charge in [0.05, 0.1) is 13.2 Å². The van der Waals surface area contributed by atoms with Gasteiger partial charge in [-0.2, -0.15) is 0 Å². The van der Waals surface area contributed by atoms with Crippen molar-refractivity contribution in [2.24, 2.45) is 0 Å². The smallest absolute Gasteiger partial charge is 0.205 e. The molecular weight excluding hydrogens is 353 g/mol. The first-order valence-electron chi connectivity index (χ1n) is 8.45. The molecule has 0 unspecified atom stereocenters. The maximum Gasteiger partial charge on any atom is 0.205 e. The Morgan fingerprint density at radius 2 is 1.73 bits per heavy atom. The van der Waals surface area contributed by atoms with Crippen LogP contribution in [-0.2, 0) is 13.0 Å². The van der Waals surface area contributed by atoms with Gasteiger partial charge in [0.2, 0.25) is 5.13 Å². The number of halogens is 1. The Morgan fingerprint density at radius 3 is 2.58 bits per heavy atom. The van der Waals surface area contributed by atoms with Gasteiger partial charge in [0.1, 0.15) is 10.8 Å². The minimum absolute atomic E-state index is 0.233. The van der Waals surface area contributed by atoms with Crippen LogP contribution in [0.5, 0.6) is 11.5 Å². The largest absolute Gasteiger partial charge is 0.490 e. The Balaban J connectivity index is 1.37. The number of rotatable bonds is 5. The number of anilines is 1. The summed E-state index contributed by atoms with van der Waals surface area (Å²) in [5, 5.41) is 13.3. The lowest BCUT2D eigenvalue weighted by atomic mass is 10.2. The standard InChI is InChI=1S/C19H18FN3O2S/c20-15-5-2-13(3-6-15)11-18-22-23-19(26-18)21-12-14-4-7-16-17(10-14)25-9-1-8-24-16/h2-7,10H,1,8-9,11-12H2,(H,21,23). The van der Waals surface area contributed by atoms with Gasteiger partial charge < -0.3 is 14.8 Å². The summed E-state index contributed by atoms with van der Waals surface area (Å²) in [5.41, 5.74) is 2.10. The number of nitrogens with zero attached hydrogens (tertiary/aromatic N) is 2. The summed E-state index contributed by atoms with van der Waals surface area (Å²) in [7, 11) is 0. The molecule has 0 aliphatic carbocycles. The van der Waals surface area contributed by atoms with Crippen LogP contribution in [0, 0.1) is 5.82 Å². The normalized spacial score (nSPS) is 13.3. The van der Waals surface area contributed by atoms with Crippen molar-refractivity contribution in [1.82, 2.24) is 10.2 Å². The summed E-state index contributed by atoms with van der Waals surface area (Å²) >= 11 is 1.50. The lowest BCUT2D eigenvalue weighted by Crippen LogP contribution is -2.00. The van der Waals surface area contributed by atoms with Crippen LogP contribution in [0.1, 0.15) is 22.6 Å². The monoisotopic (exact) mass is 371 g/mol. The summed E-state index contributed by atoms with van der Waals surface area (Å²) in [6.07, 6.45) is 1.54. The van der Waals surface area contributed by atoms with E-state index in [4.69, 9.17) is 9.47 Å². The van der Waals surface area contributed by atoms with E-state index in [1.807, 2.05) is 18.2 Å². The first kappa shape index (κ1) is 16.8. The predicted octanol–water partition coefficient (Wildman–Crippen LogP) is 4.04. The molecule has 1 aliphatic heterocycles. The molecule has 134 valence electrons. The molecule has 3 aromatic rings. The van der Waals surface area contributed by atoms with Crippen molar-refractivity contribution in [2.45, 2.75) is 19.4 Å². The molecule has 0 radical (unpaired) electrons. The molecule has 0 saturated heterocycles. The average molecular weight is 371 g/mol. The van der Waals surface area contributed by atoms with Gasteiger partial charge >= 0.3 is 0 Å². The molecule has 0 spiro atoms. The Labute approximate surface area is 154 Å². The van der Waals surface area contributed by atoms with Gasteiger partial charge in [0.15, 0.2) is 11.5 Å². The molecule has 0 bridgehead atoms. The fraction of sp³-hybridized carbons (Fsp3) is 0.263. The number of hydrogen-bond donors (Lipinski definition) is 1. The summed E-state index contributed by atoms with van der Waals surface area (Å²) < 4.78 is 24.3. The number of fused-ring (bicyclic) bond motifs is 1. The second-order valence-corrected chi connectivity index (χ2v) is 7.05. The van der Waals surface area contributed by atoms with Crippen LogP contribution in [0.15, 0.2) is 42.5 Å². The van der Waals surface area contributed by atoms with E-state index in [1.165, 1.54) is 23.5 Å². The zero-order valence-corrected chi connectivity index (χ0v) is 14.9. The molecule has 1 aliphatic rings. The SMILES string of the molecule is Fc1ccc(Cc2nnc(NCc3ccc4c(c3)OCCCO4)s2)cc1. The maximum absolute atomic E-state index is 13.0. The summed E-state index contributed by atoms with van der Waals surface area (Å²) in [6, 6.07) is 12.4. The summed E-state index contributed by atoms with van der Waals surface area (Å²) in [5.74, 6) is 1.35. The second kappa shape index (κ2) is 7.70. The van der Waals surface area contributed by atoms with Crippen molar-refractivity contribution < 1.29 is 13.9 Å². The lowest BCUT2D eigenvalue weighted by molar-refractivity contribution is 0.297. The van der Waals surface area contributed by atoms with Gasteiger partial charge in [-0.3, -0.25) is 0 Å². The van der Waals surface area contributed by atoms with Crippen LogP contribution in [0.2, 0.25) is 0 Å². The van der Waals surface area contributed by atoms with E-state index in [9.17, 15) is 4.39 Å². The third-order valence-electron chi connectivity index (χ3n) is 3.99. The van der Waals surface area contributed by atoms with Crippen LogP contribution in [0.4, 0.5) is 9.52 Å². The van der Waals surface area contributed by atoms with Crippen LogP contribution in [0.25, 0.3) is 0 Å². The number of nitrogens with one attached hydrogen (secondary N) is 1. The molecule has 0 fully saturated rings. The van der Waals surface area contributed by atoms with Gasteiger partial charge in [0.25, 0.3) is 0 Å². The van der Waals surface area contributed by atoms with Crippen LogP contribution >= 0.6 is 11.3 Å². The minimum atomic E-state index is -0.233. The van der Waals surface area contributed by atoms with E-state index < -0.39 is 0 Å². The third-order valence-corrected chi connectivity index (χ3v) is 4.87. The van der Waals surface area contributed by atoms with Crippen molar-refractivity contribution in [3.63, 3.8) is 0 Å². The van der Waals surface area contributed by atoms with Gasteiger partial charge in [-0.05, 0) is 35.4 Å². The highest BCUT2D eigenvalue weighted by molar-refractivity contribution is 7.15. The topological polar surface area (TPSA) is 56.3 Å². The molecule has 4 rings (SSSR count). The lowest BCUT2D eigenvalue weighted by Gasteiger charge is -2.09. The van der Waals surface area contributed by atoms with Crippen molar-refractivity contribution in [2.75, 3.05) is 18.5 Å². The van der Waals surface area contributed by atoms with Crippen LogP contribution in [-0.4, -0.2) is 23.4 Å². The molecule has 1 N–H and O–H groups in total. The molecule has 0 saturated carbocycles. The quantitative estimate of drug-likeness (QED) is 0.733. The Kier molecular flexibility index (Phi) is 4.97. The Bertz CT molecular complexity index is 883. The fourth-order valence-electron chi connectivity index (χ4n) is 2.67. The van der Waals surface area contributed by atoms with E-state index >= 15 is 0 Å². The first-order chi connectivity index (χ1) is 12.8. The molecule has 26 heavy (non-hydrogen) atoms. The van der Waals surface area contributed by atoms with E-state index in [2.05, 4.69) is 15.5 Å². The summed E-state index contributed by atoms with van der Waals surface area (Å²) in [4.78, 5) is 0. The second-order valence-electron chi connectivity index (χ2n) is 5.99. The Morgan fingerprint density at radius 1 is 0.962 bits per heavy atom. The molecule has 2 heterocycles. The van der Waals surface area contributed by atoms with Crippen molar-refractivity contribution in [3.8, 4) is 11.5 Å². The first-order valence-corrected chi connectivity index (χ1v) is 9.27. The van der Waals surface area contributed by atoms with E-state index in [0.29, 0.717) is 26.2 Å². The molecular formula is C19H18FN3O2S. The molecule has 0 amide bonds. The van der Waals surface area contributed by atoms with Crippen molar-refractivity contribution >= 4 is 16.5 Å². The zero-order chi connectivity index (χ0) is 17.8. The van der Waals surface area contributed by atoms with Gasteiger partial charge in [-0.1, -0.05) is 29.5 Å². The highest BCUT2D eigenvalue weighted by Gasteiger charge is 2.11. The number of ether oxygens (including phenoxy) is 2. The van der Waals surface area contributed by atoms with E-state index in [0.717, 1.165) is 39.2 Å². The number of hydrogen-bond acceptors (Lipinski definition) is 6. The fourth-order valence-corrected chi connectivity index (χ4v) is 3.44. The van der Waals surface area contributed by atoms with Crippen LogP contribution < -0.4 is 14.8 Å². The molecule has 2 aromatic carbocycles. The maximum atomic E-state index is 13.0. The zero-order valence-electron chi connectivity index (χ0n) is 14.1. The number of benzene rings is 2. The molecule has 1 aromatic heterocycles. The Hall–Kier alpha value is -2.67. The molecule has 7 heteroatoms. The average Bonchev–Trinajstić information content (AvgIpc) is 2.96. The minimum Gasteiger partial charge on any atom is -0.490 e. The van der Waals surface area contributed by atoms with Crippen LogP contribution in [0.3, 0.4) is 0 Å². The van der Waals surface area contributed by atoms with E-state index in [1.54, 1.807) is 12.1 Å². The highest BCUT2D eigenvalue weighted by atomic mass is 32.1. The predicted molar refractivity (Wildman–Crippen MR) is 98.5 cm³/mol. The summed E-state index contributed by atoms with van der Waals surface area (Å²) in [6.45, 7) is 1.99. The third kappa shape index (κ3) is 4.11. The highest BCUT2D eigenvalue weighted by Crippen LogP contribution is 2.30. The van der Waals surface area contributed by atoms with Gasteiger partial charge in [-0.25, -0.2) is 4.39 Å². The van der Waals surface area contributed by atoms with E-state index in [-0.39, 0.29) is 5.82 Å². The van der Waals surface area contributed by atoms with Crippen molar-refractivity contribution in [1.29, 1.82) is 0 Å². The molecule has 5 nitrogen and oxygen atoms in total. The molecule has 0 atom stereocenters. The van der Waals surface area contributed by atoms with Gasteiger partial charge in [-0.15, -0.1) is 10.2 Å². The van der Waals surface area contributed by atoms with Crippen molar-refractivity contribution in [3.05, 3.63) is 64.4 Å².